The first-order valence-corrected chi connectivity index (χ1v) is 6.92. The van der Waals surface area contributed by atoms with Crippen molar-refractivity contribution in [2.45, 2.75) is 40.7 Å². The van der Waals surface area contributed by atoms with E-state index in [0.717, 1.165) is 5.69 Å². The van der Waals surface area contributed by atoms with Crippen LogP contribution in [0.2, 0.25) is 0 Å². The molecule has 2 N–H and O–H groups in total. The highest BCUT2D eigenvalue weighted by molar-refractivity contribution is 5.95. The first-order valence-electron chi connectivity index (χ1n) is 6.92. The molecule has 1 aromatic rings. The van der Waals surface area contributed by atoms with E-state index in [4.69, 9.17) is 4.74 Å². The standard InChI is InChI=1S/C15H24N2O3/c1-6-20-8-13(9(2)3)17-12-7-10(4)16-11(5)14(12)15(18)19/h7,9,13H,6,8H2,1-5H3,(H,16,17)(H,18,19). The minimum Gasteiger partial charge on any atom is -0.478 e. The van der Waals surface area contributed by atoms with Crippen LogP contribution < -0.4 is 5.32 Å². The Morgan fingerprint density at radius 3 is 2.60 bits per heavy atom. The molecule has 0 bridgehead atoms. The van der Waals surface area contributed by atoms with Crippen LogP contribution in [-0.2, 0) is 4.74 Å². The molecule has 1 unspecified atom stereocenters. The fourth-order valence-electron chi connectivity index (χ4n) is 2.06. The summed E-state index contributed by atoms with van der Waals surface area (Å²) in [7, 11) is 0. The van der Waals surface area contributed by atoms with E-state index in [2.05, 4.69) is 24.1 Å². The zero-order valence-corrected chi connectivity index (χ0v) is 12.9. The van der Waals surface area contributed by atoms with Gasteiger partial charge in [0.25, 0.3) is 0 Å². The normalized spacial score (nSPS) is 12.5. The zero-order valence-electron chi connectivity index (χ0n) is 12.9. The third-order valence-electron chi connectivity index (χ3n) is 3.19. The summed E-state index contributed by atoms with van der Waals surface area (Å²) in [6.07, 6.45) is 0. The number of pyridine rings is 1. The van der Waals surface area contributed by atoms with Gasteiger partial charge in [-0.05, 0) is 32.8 Å². The fraction of sp³-hybridized carbons (Fsp3) is 0.600. The van der Waals surface area contributed by atoms with Gasteiger partial charge in [-0.2, -0.15) is 0 Å². The van der Waals surface area contributed by atoms with Gasteiger partial charge in [-0.25, -0.2) is 4.79 Å². The van der Waals surface area contributed by atoms with Crippen LogP contribution in [0.3, 0.4) is 0 Å². The van der Waals surface area contributed by atoms with Crippen LogP contribution in [0.15, 0.2) is 6.07 Å². The van der Waals surface area contributed by atoms with Gasteiger partial charge >= 0.3 is 5.97 Å². The number of nitrogens with one attached hydrogen (secondary N) is 1. The minimum absolute atomic E-state index is 0.0641. The second-order valence-corrected chi connectivity index (χ2v) is 5.23. The van der Waals surface area contributed by atoms with E-state index in [1.807, 2.05) is 13.8 Å². The quantitative estimate of drug-likeness (QED) is 0.803. The molecule has 0 saturated heterocycles. The number of rotatable bonds is 7. The summed E-state index contributed by atoms with van der Waals surface area (Å²) in [6, 6.07) is 1.84. The predicted octanol–water partition coefficient (Wildman–Crippen LogP) is 2.87. The van der Waals surface area contributed by atoms with E-state index < -0.39 is 5.97 Å². The number of aromatic nitrogens is 1. The molecule has 0 saturated carbocycles. The molecule has 1 atom stereocenters. The molecule has 0 spiro atoms. The maximum Gasteiger partial charge on any atom is 0.339 e. The van der Waals surface area contributed by atoms with E-state index in [-0.39, 0.29) is 11.6 Å². The van der Waals surface area contributed by atoms with Gasteiger partial charge in [-0.15, -0.1) is 0 Å². The maximum absolute atomic E-state index is 11.4. The SMILES string of the molecule is CCOCC(Nc1cc(C)nc(C)c1C(=O)O)C(C)C. The Kier molecular flexibility index (Phi) is 5.95. The Morgan fingerprint density at radius 1 is 1.45 bits per heavy atom. The number of aryl methyl sites for hydroxylation is 2. The van der Waals surface area contributed by atoms with Gasteiger partial charge in [0.15, 0.2) is 0 Å². The van der Waals surface area contributed by atoms with Crippen LogP contribution in [0.5, 0.6) is 0 Å². The number of carboxylic acid groups (broad SMARTS) is 1. The van der Waals surface area contributed by atoms with Crippen molar-refractivity contribution in [1.29, 1.82) is 0 Å². The van der Waals surface area contributed by atoms with E-state index in [9.17, 15) is 9.90 Å². The molecule has 20 heavy (non-hydrogen) atoms. The van der Waals surface area contributed by atoms with E-state index in [0.29, 0.717) is 30.5 Å². The largest absolute Gasteiger partial charge is 0.478 e. The van der Waals surface area contributed by atoms with Crippen LogP contribution in [0, 0.1) is 19.8 Å². The highest BCUT2D eigenvalue weighted by Crippen LogP contribution is 2.22. The van der Waals surface area contributed by atoms with Crippen LogP contribution in [0.1, 0.15) is 42.5 Å². The lowest BCUT2D eigenvalue weighted by Gasteiger charge is -2.24. The van der Waals surface area contributed by atoms with Crippen molar-refractivity contribution in [2.75, 3.05) is 18.5 Å². The number of carboxylic acids is 1. The van der Waals surface area contributed by atoms with Gasteiger partial charge in [-0.3, -0.25) is 4.98 Å². The summed E-state index contributed by atoms with van der Waals surface area (Å²) >= 11 is 0. The van der Waals surface area contributed by atoms with Crippen molar-refractivity contribution >= 4 is 11.7 Å². The molecule has 0 aliphatic heterocycles. The lowest BCUT2D eigenvalue weighted by molar-refractivity contribution is 0.0696. The maximum atomic E-state index is 11.4. The molecule has 0 aromatic carbocycles. The van der Waals surface area contributed by atoms with Gasteiger partial charge in [0.2, 0.25) is 0 Å². The van der Waals surface area contributed by atoms with Gasteiger partial charge in [0.1, 0.15) is 5.56 Å². The van der Waals surface area contributed by atoms with Crippen molar-refractivity contribution in [2.24, 2.45) is 5.92 Å². The monoisotopic (exact) mass is 280 g/mol. The van der Waals surface area contributed by atoms with Crippen molar-refractivity contribution in [3.8, 4) is 0 Å². The summed E-state index contributed by atoms with van der Waals surface area (Å²) < 4.78 is 5.46. The molecule has 0 aliphatic rings. The Morgan fingerprint density at radius 2 is 2.10 bits per heavy atom. The Bertz CT molecular complexity index is 472. The summed E-state index contributed by atoms with van der Waals surface area (Å²) in [4.78, 5) is 15.6. The van der Waals surface area contributed by atoms with Crippen LogP contribution >= 0.6 is 0 Å². The van der Waals surface area contributed by atoms with Crippen molar-refractivity contribution < 1.29 is 14.6 Å². The van der Waals surface area contributed by atoms with E-state index >= 15 is 0 Å². The van der Waals surface area contributed by atoms with Crippen LogP contribution in [0.4, 0.5) is 5.69 Å². The van der Waals surface area contributed by atoms with E-state index in [1.54, 1.807) is 13.0 Å². The molecule has 5 nitrogen and oxygen atoms in total. The molecule has 5 heteroatoms. The molecule has 1 aromatic heterocycles. The number of hydrogen-bond acceptors (Lipinski definition) is 4. The molecule has 0 amide bonds. The zero-order chi connectivity index (χ0) is 15.3. The third-order valence-corrected chi connectivity index (χ3v) is 3.19. The summed E-state index contributed by atoms with van der Waals surface area (Å²) in [5.41, 5.74) is 2.17. The molecule has 0 aliphatic carbocycles. The fourth-order valence-corrected chi connectivity index (χ4v) is 2.06. The predicted molar refractivity (Wildman–Crippen MR) is 79.4 cm³/mol. The molecular formula is C15H24N2O3. The van der Waals surface area contributed by atoms with Crippen molar-refractivity contribution in [3.05, 3.63) is 23.0 Å². The van der Waals surface area contributed by atoms with Crippen LogP contribution in [-0.4, -0.2) is 35.3 Å². The van der Waals surface area contributed by atoms with Gasteiger partial charge < -0.3 is 15.2 Å². The van der Waals surface area contributed by atoms with Crippen molar-refractivity contribution in [1.82, 2.24) is 4.98 Å². The number of ether oxygens (including phenoxy) is 1. The summed E-state index contributed by atoms with van der Waals surface area (Å²) in [5.74, 6) is -0.631. The Balaban J connectivity index is 3.07. The topological polar surface area (TPSA) is 71.5 Å². The Hall–Kier alpha value is -1.62. The molecule has 1 rings (SSSR count). The lowest BCUT2D eigenvalue weighted by atomic mass is 10.0. The van der Waals surface area contributed by atoms with E-state index in [1.165, 1.54) is 0 Å². The first kappa shape index (κ1) is 16.4. The highest BCUT2D eigenvalue weighted by atomic mass is 16.5. The minimum atomic E-state index is -0.962. The number of aromatic carboxylic acids is 1. The average Bonchev–Trinajstić information content (AvgIpc) is 2.32. The van der Waals surface area contributed by atoms with Crippen molar-refractivity contribution in [3.63, 3.8) is 0 Å². The number of hydrogen-bond donors (Lipinski definition) is 2. The second-order valence-electron chi connectivity index (χ2n) is 5.23. The first-order chi connectivity index (χ1) is 9.36. The molecular weight excluding hydrogens is 256 g/mol. The van der Waals surface area contributed by atoms with Gasteiger partial charge in [-0.1, -0.05) is 13.8 Å². The molecule has 0 fully saturated rings. The Labute approximate surface area is 120 Å². The highest BCUT2D eigenvalue weighted by Gasteiger charge is 2.20. The third kappa shape index (κ3) is 4.20. The second kappa shape index (κ2) is 7.24. The summed E-state index contributed by atoms with van der Waals surface area (Å²) in [6.45, 7) is 10.9. The summed E-state index contributed by atoms with van der Waals surface area (Å²) in [5, 5.41) is 12.7. The molecule has 112 valence electrons. The smallest absolute Gasteiger partial charge is 0.339 e. The number of nitrogens with zero attached hydrogens (tertiary/aromatic N) is 1. The average molecular weight is 280 g/mol. The molecule has 1 heterocycles. The number of carbonyl (C=O) groups is 1. The lowest BCUT2D eigenvalue weighted by Crippen LogP contribution is -2.32. The molecule has 0 radical (unpaired) electrons. The van der Waals surface area contributed by atoms with Gasteiger partial charge in [0, 0.05) is 12.3 Å². The van der Waals surface area contributed by atoms with Crippen LogP contribution in [0.25, 0.3) is 0 Å². The van der Waals surface area contributed by atoms with Gasteiger partial charge in [0.05, 0.1) is 24.0 Å². The number of anilines is 1.